The number of carbonyl (C=O) groups is 1. The molecule has 4 rings (SSSR count). The van der Waals surface area contributed by atoms with E-state index < -0.39 is 0 Å². The first-order chi connectivity index (χ1) is 15.1. The molecule has 0 saturated carbocycles. The van der Waals surface area contributed by atoms with Crippen molar-refractivity contribution < 1.29 is 9.53 Å². The predicted octanol–water partition coefficient (Wildman–Crippen LogP) is 3.44. The van der Waals surface area contributed by atoms with E-state index in [1.807, 2.05) is 12.1 Å². The van der Waals surface area contributed by atoms with Crippen molar-refractivity contribution in [3.05, 3.63) is 54.1 Å². The molecule has 0 spiro atoms. The second-order valence-corrected chi connectivity index (χ2v) is 8.51. The summed E-state index contributed by atoms with van der Waals surface area (Å²) >= 11 is 0. The first kappa shape index (κ1) is 21.3. The predicted molar refractivity (Wildman–Crippen MR) is 126 cm³/mol. The molecule has 5 heteroatoms. The number of benzene rings is 2. The van der Waals surface area contributed by atoms with E-state index in [0.717, 1.165) is 56.1 Å². The fourth-order valence-corrected chi connectivity index (χ4v) is 4.43. The minimum atomic E-state index is 0.0885. The van der Waals surface area contributed by atoms with E-state index >= 15 is 0 Å². The summed E-state index contributed by atoms with van der Waals surface area (Å²) in [5, 5.41) is 0. The normalized spacial score (nSPS) is 17.7. The van der Waals surface area contributed by atoms with Gasteiger partial charge < -0.3 is 14.5 Å². The second-order valence-electron chi connectivity index (χ2n) is 8.51. The molecular weight excluding hydrogens is 386 g/mol. The summed E-state index contributed by atoms with van der Waals surface area (Å²) in [7, 11) is 0. The summed E-state index contributed by atoms with van der Waals surface area (Å²) in [5.74, 6) is 3.90. The molecule has 31 heavy (non-hydrogen) atoms. The number of rotatable bonds is 7. The van der Waals surface area contributed by atoms with Crippen LogP contribution in [0, 0.1) is 18.3 Å². The number of amides is 1. The Kier molecular flexibility index (Phi) is 6.79. The molecule has 2 heterocycles. The number of fused-ring (bicyclic) bond motifs is 1. The molecule has 0 aromatic heterocycles. The maximum absolute atomic E-state index is 12.2. The molecule has 2 aliphatic rings. The molecule has 2 aromatic rings. The third-order valence-corrected chi connectivity index (χ3v) is 6.10. The van der Waals surface area contributed by atoms with Gasteiger partial charge >= 0.3 is 0 Å². The van der Waals surface area contributed by atoms with E-state index in [1.54, 1.807) is 4.90 Å². The van der Waals surface area contributed by atoms with Crippen molar-refractivity contribution in [1.29, 1.82) is 0 Å². The van der Waals surface area contributed by atoms with Crippen molar-refractivity contribution >= 4 is 17.3 Å². The molecule has 1 unspecified atom stereocenters. The number of anilines is 2. The molecule has 1 saturated heterocycles. The summed E-state index contributed by atoms with van der Waals surface area (Å²) in [6.45, 7) is 8.47. The topological polar surface area (TPSA) is 36.0 Å². The van der Waals surface area contributed by atoms with Crippen LogP contribution in [0.15, 0.2) is 48.5 Å². The molecule has 162 valence electrons. The highest BCUT2D eigenvalue weighted by molar-refractivity contribution is 5.97. The lowest BCUT2D eigenvalue weighted by atomic mass is 10.0. The van der Waals surface area contributed by atoms with Crippen molar-refractivity contribution in [1.82, 2.24) is 4.90 Å². The maximum atomic E-state index is 12.2. The minimum Gasteiger partial charge on any atom is -0.493 e. The van der Waals surface area contributed by atoms with Crippen LogP contribution in [0.4, 0.5) is 11.4 Å². The fourth-order valence-electron chi connectivity index (χ4n) is 4.43. The number of ether oxygens (including phenoxy) is 1. The minimum absolute atomic E-state index is 0.0885. The Morgan fingerprint density at radius 1 is 1.06 bits per heavy atom. The smallest absolute Gasteiger partial charge is 0.228 e. The van der Waals surface area contributed by atoms with Crippen molar-refractivity contribution in [2.24, 2.45) is 5.92 Å². The molecule has 0 radical (unpaired) electrons. The van der Waals surface area contributed by atoms with E-state index in [1.165, 1.54) is 5.69 Å². The zero-order valence-corrected chi connectivity index (χ0v) is 18.3. The van der Waals surface area contributed by atoms with Gasteiger partial charge in [-0.15, -0.1) is 6.42 Å². The fraction of sp³-hybridized carbons (Fsp3) is 0.423. The summed E-state index contributed by atoms with van der Waals surface area (Å²) in [6, 6.07) is 16.7. The van der Waals surface area contributed by atoms with Gasteiger partial charge in [0.05, 0.1) is 18.8 Å². The van der Waals surface area contributed by atoms with Gasteiger partial charge in [-0.2, -0.15) is 0 Å². The van der Waals surface area contributed by atoms with Crippen LogP contribution in [-0.2, 0) is 11.2 Å². The van der Waals surface area contributed by atoms with Crippen molar-refractivity contribution in [3.63, 3.8) is 0 Å². The summed E-state index contributed by atoms with van der Waals surface area (Å²) < 4.78 is 6.10. The van der Waals surface area contributed by atoms with Crippen LogP contribution in [0.25, 0.3) is 0 Å². The lowest BCUT2D eigenvalue weighted by Gasteiger charge is -2.37. The second kappa shape index (κ2) is 9.89. The molecule has 1 amide bonds. The van der Waals surface area contributed by atoms with Gasteiger partial charge in [0.1, 0.15) is 5.75 Å². The molecule has 1 fully saturated rings. The summed E-state index contributed by atoms with van der Waals surface area (Å²) in [5.41, 5.74) is 3.37. The Bertz CT molecular complexity index is 929. The summed E-state index contributed by atoms with van der Waals surface area (Å²) in [4.78, 5) is 18.9. The molecule has 1 atom stereocenters. The summed E-state index contributed by atoms with van der Waals surface area (Å²) in [6.07, 6.45) is 6.74. The number of carbonyl (C=O) groups excluding carboxylic acids is 1. The SMILES string of the molecule is C#CCN1C(=O)CCc2ccc(OCC(C)CN3CCN(c4ccccc4)CC3)cc21. The van der Waals surface area contributed by atoms with Gasteiger partial charge in [0, 0.05) is 56.8 Å². The zero-order chi connectivity index (χ0) is 21.6. The van der Waals surface area contributed by atoms with Crippen LogP contribution in [-0.4, -0.2) is 56.7 Å². The quantitative estimate of drug-likeness (QED) is 0.647. The van der Waals surface area contributed by atoms with Crippen LogP contribution in [0.3, 0.4) is 0 Å². The Morgan fingerprint density at radius 3 is 2.58 bits per heavy atom. The van der Waals surface area contributed by atoms with Crippen LogP contribution in [0.2, 0.25) is 0 Å². The average Bonchev–Trinajstić information content (AvgIpc) is 2.81. The van der Waals surface area contributed by atoms with Crippen LogP contribution in [0.1, 0.15) is 18.9 Å². The number of nitrogens with zero attached hydrogens (tertiary/aromatic N) is 3. The average molecular weight is 418 g/mol. The van der Waals surface area contributed by atoms with Gasteiger partial charge in [0.25, 0.3) is 0 Å². The van der Waals surface area contributed by atoms with E-state index in [0.29, 0.717) is 25.5 Å². The number of piperazine rings is 1. The molecule has 0 N–H and O–H groups in total. The first-order valence-corrected chi connectivity index (χ1v) is 11.2. The van der Waals surface area contributed by atoms with Gasteiger partial charge in [-0.05, 0) is 30.2 Å². The highest BCUT2D eigenvalue weighted by Gasteiger charge is 2.24. The zero-order valence-electron chi connectivity index (χ0n) is 18.3. The van der Waals surface area contributed by atoms with E-state index in [-0.39, 0.29) is 5.91 Å². The maximum Gasteiger partial charge on any atom is 0.228 e. The number of hydrogen-bond acceptors (Lipinski definition) is 4. The largest absolute Gasteiger partial charge is 0.493 e. The molecule has 0 aliphatic carbocycles. The van der Waals surface area contributed by atoms with Crippen LogP contribution >= 0.6 is 0 Å². The van der Waals surface area contributed by atoms with Crippen molar-refractivity contribution in [2.75, 3.05) is 55.7 Å². The van der Waals surface area contributed by atoms with Crippen LogP contribution in [0.5, 0.6) is 5.75 Å². The van der Waals surface area contributed by atoms with Gasteiger partial charge in [-0.3, -0.25) is 9.69 Å². The number of hydrogen-bond donors (Lipinski definition) is 0. The molecule has 2 aromatic carbocycles. The Balaban J connectivity index is 1.27. The third-order valence-electron chi connectivity index (χ3n) is 6.10. The number of aryl methyl sites for hydroxylation is 1. The highest BCUT2D eigenvalue weighted by Crippen LogP contribution is 2.31. The Hall–Kier alpha value is -2.97. The standard InChI is InChI=1S/C26H31N3O2/c1-3-13-29-25-18-24(11-9-22(25)10-12-26(29)30)31-20-21(2)19-27-14-16-28(17-15-27)23-7-5-4-6-8-23/h1,4-9,11,18,21H,10,12-17,19-20H2,2H3. The van der Waals surface area contributed by atoms with Gasteiger partial charge in [-0.25, -0.2) is 0 Å². The molecule has 2 aliphatic heterocycles. The molecule has 5 nitrogen and oxygen atoms in total. The molecule has 0 bridgehead atoms. The molecular formula is C26H31N3O2. The van der Waals surface area contributed by atoms with Gasteiger partial charge in [0.2, 0.25) is 5.91 Å². The van der Waals surface area contributed by atoms with Gasteiger partial charge in [0.15, 0.2) is 0 Å². The van der Waals surface area contributed by atoms with E-state index in [9.17, 15) is 4.79 Å². The lowest BCUT2D eigenvalue weighted by Crippen LogP contribution is -2.48. The van der Waals surface area contributed by atoms with Crippen LogP contribution < -0.4 is 14.5 Å². The first-order valence-electron chi connectivity index (χ1n) is 11.2. The van der Waals surface area contributed by atoms with E-state index in [4.69, 9.17) is 11.2 Å². The monoisotopic (exact) mass is 417 g/mol. The van der Waals surface area contributed by atoms with Gasteiger partial charge in [-0.1, -0.05) is 37.1 Å². The lowest BCUT2D eigenvalue weighted by molar-refractivity contribution is -0.118. The number of para-hydroxylation sites is 1. The van der Waals surface area contributed by atoms with Crippen molar-refractivity contribution in [2.45, 2.75) is 19.8 Å². The Morgan fingerprint density at radius 2 is 1.84 bits per heavy atom. The van der Waals surface area contributed by atoms with E-state index in [2.05, 4.69) is 59.0 Å². The Labute approximate surface area is 185 Å². The third kappa shape index (κ3) is 5.21. The number of terminal acetylenes is 1. The van der Waals surface area contributed by atoms with Crippen molar-refractivity contribution in [3.8, 4) is 18.1 Å². The highest BCUT2D eigenvalue weighted by atomic mass is 16.5.